The molecular weight excluding hydrogens is 536 g/mol. The van der Waals surface area contributed by atoms with Crippen LogP contribution in [-0.4, -0.2) is 55.1 Å². The highest BCUT2D eigenvalue weighted by Gasteiger charge is 2.47. The molecule has 5 rings (SSSR count). The number of rotatable bonds is 6. The van der Waals surface area contributed by atoms with Crippen LogP contribution in [-0.2, 0) is 19.9 Å². The van der Waals surface area contributed by atoms with E-state index in [1.54, 1.807) is 47.4 Å². The van der Waals surface area contributed by atoms with Crippen molar-refractivity contribution in [1.82, 2.24) is 10.2 Å². The third kappa shape index (κ3) is 6.01. The summed E-state index contributed by atoms with van der Waals surface area (Å²) in [4.78, 5) is 52.9. The van der Waals surface area contributed by atoms with Crippen molar-refractivity contribution in [2.75, 3.05) is 30.8 Å². The number of ether oxygens (including phenoxy) is 2. The minimum atomic E-state index is -1.01. The molecule has 1 saturated heterocycles. The number of nitrogens with zero attached hydrogens (tertiary/aromatic N) is 1. The zero-order valence-electron chi connectivity index (χ0n) is 22.3. The van der Waals surface area contributed by atoms with Gasteiger partial charge in [0.2, 0.25) is 5.91 Å². The van der Waals surface area contributed by atoms with Crippen molar-refractivity contribution < 1.29 is 28.7 Å². The highest BCUT2D eigenvalue weighted by molar-refractivity contribution is 6.30. The van der Waals surface area contributed by atoms with E-state index in [0.717, 1.165) is 31.2 Å². The second kappa shape index (κ2) is 11.8. The van der Waals surface area contributed by atoms with Gasteiger partial charge in [-0.05, 0) is 67.6 Å². The molecule has 3 aliphatic rings. The summed E-state index contributed by atoms with van der Waals surface area (Å²) in [6.07, 6.45) is 4.82. The first-order chi connectivity index (χ1) is 19.3. The molecule has 1 spiro atoms. The van der Waals surface area contributed by atoms with E-state index < -0.39 is 23.8 Å². The second-order valence-electron chi connectivity index (χ2n) is 10.7. The van der Waals surface area contributed by atoms with E-state index >= 15 is 0 Å². The van der Waals surface area contributed by atoms with E-state index in [1.165, 1.54) is 7.11 Å². The fourth-order valence-corrected chi connectivity index (χ4v) is 6.19. The standard InChI is InChI=1S/C29H33ClN4O6/c1-39-27(37)31-21-10-7-19(8-11-21)25(35)32-24(15-18-5-2-3-6-18)26(36)34-14-4-13-29(17-34)22-16-20(30)9-12-23(22)33-28(38)40-29/h7-12,16,18,24H,2-6,13-15,17H2,1H3,(H,31,37)(H,32,35)(H,33,38)/t24-,29-/m0/s1. The van der Waals surface area contributed by atoms with Crippen LogP contribution in [0.25, 0.3) is 0 Å². The molecule has 212 valence electrons. The van der Waals surface area contributed by atoms with Crippen LogP contribution < -0.4 is 16.0 Å². The molecule has 10 nitrogen and oxygen atoms in total. The summed E-state index contributed by atoms with van der Waals surface area (Å²) in [5, 5.41) is 8.76. The second-order valence-corrected chi connectivity index (χ2v) is 11.1. The summed E-state index contributed by atoms with van der Waals surface area (Å²) in [5.41, 5.74) is 1.20. The Hall–Kier alpha value is -3.79. The maximum Gasteiger partial charge on any atom is 0.412 e. The summed E-state index contributed by atoms with van der Waals surface area (Å²) in [6, 6.07) is 10.9. The van der Waals surface area contributed by atoms with Gasteiger partial charge in [-0.3, -0.25) is 20.2 Å². The molecule has 3 N–H and O–H groups in total. The zero-order valence-corrected chi connectivity index (χ0v) is 23.1. The van der Waals surface area contributed by atoms with Gasteiger partial charge in [0.25, 0.3) is 5.91 Å². The molecule has 0 aromatic heterocycles. The largest absolute Gasteiger partial charge is 0.453 e. The van der Waals surface area contributed by atoms with Gasteiger partial charge in [0.05, 0.1) is 19.3 Å². The van der Waals surface area contributed by atoms with Crippen LogP contribution in [0.1, 0.15) is 60.9 Å². The lowest BCUT2D eigenvalue weighted by atomic mass is 9.83. The van der Waals surface area contributed by atoms with Gasteiger partial charge in [-0.2, -0.15) is 0 Å². The normalized spacial score (nSPS) is 21.1. The smallest absolute Gasteiger partial charge is 0.412 e. The lowest BCUT2D eigenvalue weighted by molar-refractivity contribution is -0.141. The molecule has 0 radical (unpaired) electrons. The average Bonchev–Trinajstić information content (AvgIpc) is 3.46. The maximum atomic E-state index is 14.0. The number of hydrogen-bond donors (Lipinski definition) is 3. The van der Waals surface area contributed by atoms with Gasteiger partial charge in [0.15, 0.2) is 5.60 Å². The number of nitrogens with one attached hydrogen (secondary N) is 3. The molecule has 2 heterocycles. The Labute approximate surface area is 237 Å². The van der Waals surface area contributed by atoms with Crippen molar-refractivity contribution in [3.05, 3.63) is 58.6 Å². The van der Waals surface area contributed by atoms with Gasteiger partial charge in [-0.25, -0.2) is 9.59 Å². The Morgan fingerprint density at radius 2 is 1.90 bits per heavy atom. The Bertz CT molecular complexity index is 1300. The number of likely N-dealkylation sites (tertiary alicyclic amines) is 1. The van der Waals surface area contributed by atoms with Crippen LogP contribution >= 0.6 is 11.6 Å². The lowest BCUT2D eigenvalue weighted by Gasteiger charge is -2.45. The Kier molecular flexibility index (Phi) is 8.16. The number of methoxy groups -OCH3 is 1. The van der Waals surface area contributed by atoms with Crippen molar-refractivity contribution in [3.63, 3.8) is 0 Å². The van der Waals surface area contributed by atoms with Gasteiger partial charge in [0.1, 0.15) is 6.04 Å². The van der Waals surface area contributed by atoms with Crippen molar-refractivity contribution in [3.8, 4) is 0 Å². The summed E-state index contributed by atoms with van der Waals surface area (Å²) < 4.78 is 10.5. The zero-order chi connectivity index (χ0) is 28.3. The van der Waals surface area contributed by atoms with Crippen LogP contribution in [0, 0.1) is 5.92 Å². The number of carbonyl (C=O) groups is 4. The van der Waals surface area contributed by atoms with Gasteiger partial charge < -0.3 is 19.7 Å². The molecule has 11 heteroatoms. The monoisotopic (exact) mass is 568 g/mol. The fraction of sp³-hybridized carbons (Fsp3) is 0.448. The van der Waals surface area contributed by atoms with Crippen molar-refractivity contribution >= 4 is 47.0 Å². The number of benzene rings is 2. The summed E-state index contributed by atoms with van der Waals surface area (Å²) in [7, 11) is 1.27. The molecule has 4 amide bonds. The Morgan fingerprint density at radius 1 is 1.15 bits per heavy atom. The number of halogens is 1. The Balaban J connectivity index is 1.35. The third-order valence-electron chi connectivity index (χ3n) is 7.99. The highest BCUT2D eigenvalue weighted by atomic mass is 35.5. The third-order valence-corrected chi connectivity index (χ3v) is 8.23. The molecule has 0 bridgehead atoms. The number of carbonyl (C=O) groups excluding carboxylic acids is 4. The van der Waals surface area contributed by atoms with Gasteiger partial charge in [-0.1, -0.05) is 37.3 Å². The van der Waals surface area contributed by atoms with Gasteiger partial charge in [0, 0.05) is 28.4 Å². The van der Waals surface area contributed by atoms with Gasteiger partial charge in [-0.15, -0.1) is 0 Å². The molecule has 40 heavy (non-hydrogen) atoms. The first kappa shape index (κ1) is 27.8. The van der Waals surface area contributed by atoms with Crippen LogP contribution in [0.3, 0.4) is 0 Å². The molecule has 0 unspecified atom stereocenters. The van der Waals surface area contributed by atoms with Crippen LogP contribution in [0.15, 0.2) is 42.5 Å². The number of hydrogen-bond acceptors (Lipinski definition) is 6. The van der Waals surface area contributed by atoms with Crippen molar-refractivity contribution in [1.29, 1.82) is 0 Å². The molecule has 2 fully saturated rings. The minimum Gasteiger partial charge on any atom is -0.453 e. The molecule has 1 saturated carbocycles. The number of fused-ring (bicyclic) bond motifs is 2. The van der Waals surface area contributed by atoms with E-state index in [1.807, 2.05) is 0 Å². The topological polar surface area (TPSA) is 126 Å². The first-order valence-electron chi connectivity index (χ1n) is 13.6. The van der Waals surface area contributed by atoms with E-state index in [2.05, 4.69) is 20.7 Å². The van der Waals surface area contributed by atoms with E-state index in [0.29, 0.717) is 53.7 Å². The molecule has 2 atom stereocenters. The molecule has 2 aromatic rings. The fourth-order valence-electron chi connectivity index (χ4n) is 6.02. The SMILES string of the molecule is COC(=O)Nc1ccc(C(=O)N[C@@H](CC2CCCC2)C(=O)N2CCC[C@@]3(C2)OC(=O)Nc2ccc(Cl)cc23)cc1. The quantitative estimate of drug-likeness (QED) is 0.435. The predicted octanol–water partition coefficient (Wildman–Crippen LogP) is 5.28. The minimum absolute atomic E-state index is 0.178. The van der Waals surface area contributed by atoms with E-state index in [4.69, 9.17) is 16.3 Å². The first-order valence-corrected chi connectivity index (χ1v) is 14.0. The van der Waals surface area contributed by atoms with E-state index in [-0.39, 0.29) is 18.4 Å². The van der Waals surface area contributed by atoms with Crippen LogP contribution in [0.5, 0.6) is 0 Å². The highest BCUT2D eigenvalue weighted by Crippen LogP contribution is 2.43. The number of piperidine rings is 1. The number of amides is 4. The number of anilines is 2. The van der Waals surface area contributed by atoms with Crippen molar-refractivity contribution in [2.45, 2.75) is 56.6 Å². The summed E-state index contributed by atoms with van der Waals surface area (Å²) in [5.74, 6) is -0.226. The molecule has 2 aromatic carbocycles. The van der Waals surface area contributed by atoms with Crippen molar-refractivity contribution in [2.24, 2.45) is 5.92 Å². The molecular formula is C29H33ClN4O6. The summed E-state index contributed by atoms with van der Waals surface area (Å²) >= 11 is 6.29. The Morgan fingerprint density at radius 3 is 2.62 bits per heavy atom. The van der Waals surface area contributed by atoms with Gasteiger partial charge >= 0.3 is 12.2 Å². The average molecular weight is 569 g/mol. The van der Waals surface area contributed by atoms with E-state index in [9.17, 15) is 19.2 Å². The molecule has 2 aliphatic heterocycles. The maximum absolute atomic E-state index is 14.0. The van der Waals surface area contributed by atoms with Crippen LogP contribution in [0.2, 0.25) is 5.02 Å². The lowest BCUT2D eigenvalue weighted by Crippen LogP contribution is -2.57. The van der Waals surface area contributed by atoms with Crippen LogP contribution in [0.4, 0.5) is 21.0 Å². The summed E-state index contributed by atoms with van der Waals surface area (Å²) in [6.45, 7) is 0.671. The molecule has 1 aliphatic carbocycles. The predicted molar refractivity (Wildman–Crippen MR) is 149 cm³/mol.